The normalized spacial score (nSPS) is 9.78. The second-order valence-electron chi connectivity index (χ2n) is 7.26. The molecule has 13 nitrogen and oxygen atoms in total. The summed E-state index contributed by atoms with van der Waals surface area (Å²) in [5, 5.41) is 40.8. The molecule has 0 aliphatic heterocycles. The highest BCUT2D eigenvalue weighted by molar-refractivity contribution is 6.33. The lowest BCUT2D eigenvalue weighted by atomic mass is 10.2. The molecule has 208 valence electrons. The van der Waals surface area contributed by atoms with Crippen LogP contribution in [0, 0.1) is 26.0 Å². The zero-order valence-electron chi connectivity index (χ0n) is 19.8. The Morgan fingerprint density at radius 1 is 0.950 bits per heavy atom. The Morgan fingerprint density at radius 3 is 2.12 bits per heavy atom. The molecular weight excluding hydrogens is 578 g/mol. The van der Waals surface area contributed by atoms with Gasteiger partial charge in [0.05, 0.1) is 44.1 Å². The summed E-state index contributed by atoms with van der Waals surface area (Å²) < 4.78 is 17.9. The molecule has 0 aliphatic carbocycles. The van der Waals surface area contributed by atoms with Gasteiger partial charge in [-0.3, -0.25) is 25.0 Å². The number of halogens is 3. The molecule has 0 saturated heterocycles. The van der Waals surface area contributed by atoms with Crippen molar-refractivity contribution in [2.24, 2.45) is 0 Å². The van der Waals surface area contributed by atoms with E-state index in [9.17, 15) is 39.3 Å². The number of carboxylic acids is 1. The highest BCUT2D eigenvalue weighted by Gasteiger charge is 2.19. The second kappa shape index (κ2) is 14.1. The van der Waals surface area contributed by atoms with Crippen molar-refractivity contribution < 1.29 is 38.5 Å². The third-order valence-corrected chi connectivity index (χ3v) is 5.19. The van der Waals surface area contributed by atoms with E-state index >= 15 is 0 Å². The van der Waals surface area contributed by atoms with E-state index < -0.39 is 39.0 Å². The highest BCUT2D eigenvalue weighted by atomic mass is 35.5. The molecule has 0 spiro atoms. The van der Waals surface area contributed by atoms with Crippen molar-refractivity contribution >= 4 is 57.8 Å². The number of nitro groups is 2. The number of nitro benzene ring substituents is 2. The number of carbonyl (C=O) groups is 2. The maximum absolute atomic E-state index is 13.5. The smallest absolute Gasteiger partial charge is 0.371 e. The lowest BCUT2D eigenvalue weighted by Gasteiger charge is -2.08. The van der Waals surface area contributed by atoms with Crippen molar-refractivity contribution in [3.8, 4) is 5.75 Å². The Morgan fingerprint density at radius 2 is 1.62 bits per heavy atom. The highest BCUT2D eigenvalue weighted by Crippen LogP contribution is 2.35. The summed E-state index contributed by atoms with van der Waals surface area (Å²) in [4.78, 5) is 41.4. The van der Waals surface area contributed by atoms with Gasteiger partial charge in [0.15, 0.2) is 0 Å². The molecule has 0 radical (unpaired) electrons. The number of anilines is 2. The molecule has 0 bridgehead atoms. The summed E-state index contributed by atoms with van der Waals surface area (Å²) in [6.07, 6.45) is 1.32. The van der Waals surface area contributed by atoms with Gasteiger partial charge in [0.25, 0.3) is 17.3 Å². The van der Waals surface area contributed by atoms with Gasteiger partial charge in [0.2, 0.25) is 5.76 Å². The number of aromatic carboxylic acids is 1. The molecule has 40 heavy (non-hydrogen) atoms. The number of benzene rings is 3. The predicted octanol–water partition coefficient (Wildman–Crippen LogP) is 6.15. The lowest BCUT2D eigenvalue weighted by Crippen LogP contribution is -2.13. The van der Waals surface area contributed by atoms with Crippen LogP contribution < -0.4 is 11.1 Å². The number of phenols is 1. The minimum atomic E-state index is -1.03. The van der Waals surface area contributed by atoms with E-state index in [1.54, 1.807) is 0 Å². The van der Waals surface area contributed by atoms with E-state index in [0.29, 0.717) is 5.69 Å². The molecule has 1 amide bonds. The zero-order valence-corrected chi connectivity index (χ0v) is 21.3. The number of hydrogen-bond donors (Lipinski definition) is 4. The van der Waals surface area contributed by atoms with E-state index in [0.717, 1.165) is 18.2 Å². The molecule has 5 N–H and O–H groups in total. The van der Waals surface area contributed by atoms with Crippen molar-refractivity contribution in [3.05, 3.63) is 120 Å². The Labute approximate surface area is 233 Å². The lowest BCUT2D eigenvalue weighted by molar-refractivity contribution is -0.385. The van der Waals surface area contributed by atoms with Gasteiger partial charge in [-0.05, 0) is 36.4 Å². The number of furan rings is 1. The quantitative estimate of drug-likeness (QED) is 0.0893. The number of non-ortho nitro benzene ring substituents is 1. The summed E-state index contributed by atoms with van der Waals surface area (Å²) in [7, 11) is 0. The van der Waals surface area contributed by atoms with Crippen LogP contribution in [-0.2, 0) is 0 Å². The first kappa shape index (κ1) is 31.0. The van der Waals surface area contributed by atoms with Crippen LogP contribution in [0.5, 0.6) is 5.75 Å². The monoisotopic (exact) mass is 594 g/mol. The van der Waals surface area contributed by atoms with Crippen LogP contribution in [0.25, 0.3) is 0 Å². The number of hydrogen-bond acceptors (Lipinski definition) is 9. The van der Waals surface area contributed by atoms with Crippen LogP contribution in [0.1, 0.15) is 20.9 Å². The number of carboxylic acid groups (broad SMARTS) is 1. The summed E-state index contributed by atoms with van der Waals surface area (Å²) in [6.45, 7) is 0. The molecule has 0 unspecified atom stereocenters. The van der Waals surface area contributed by atoms with Crippen molar-refractivity contribution in [1.82, 2.24) is 0 Å². The van der Waals surface area contributed by atoms with E-state index in [-0.39, 0.29) is 32.7 Å². The van der Waals surface area contributed by atoms with Gasteiger partial charge in [-0.2, -0.15) is 0 Å². The molecule has 4 aromatic rings. The Hall–Kier alpha value is -5.21. The number of amides is 1. The minimum absolute atomic E-state index is 0.0231. The predicted molar refractivity (Wildman–Crippen MR) is 142 cm³/mol. The van der Waals surface area contributed by atoms with Crippen molar-refractivity contribution in [2.75, 3.05) is 11.1 Å². The van der Waals surface area contributed by atoms with Gasteiger partial charge in [-0.25, -0.2) is 9.18 Å². The Balaban J connectivity index is 0.000000244. The minimum Gasteiger partial charge on any atom is -0.506 e. The number of nitrogen functional groups attached to an aromatic ring is 1. The van der Waals surface area contributed by atoms with Crippen LogP contribution in [0.2, 0.25) is 10.0 Å². The number of nitrogens with zero attached hydrogens (tertiary/aromatic N) is 2. The summed E-state index contributed by atoms with van der Waals surface area (Å²) in [5.41, 5.74) is 4.74. The molecule has 1 aromatic heterocycles. The number of nitrogens with two attached hydrogens (primary N) is 1. The van der Waals surface area contributed by atoms with Crippen LogP contribution in [0.15, 0.2) is 77.4 Å². The van der Waals surface area contributed by atoms with E-state index in [1.165, 1.54) is 54.8 Å². The van der Waals surface area contributed by atoms with Crippen molar-refractivity contribution in [3.63, 3.8) is 0 Å². The molecule has 1 heterocycles. The van der Waals surface area contributed by atoms with Crippen molar-refractivity contribution in [1.29, 1.82) is 0 Å². The molecular formula is C24H17Cl2FN4O9. The topological polar surface area (TPSA) is 212 Å². The van der Waals surface area contributed by atoms with Crippen LogP contribution in [0.3, 0.4) is 0 Å². The molecule has 3 aromatic carbocycles. The summed E-state index contributed by atoms with van der Waals surface area (Å²) in [6, 6.07) is 13.9. The fourth-order valence-electron chi connectivity index (χ4n) is 2.66. The first-order valence-corrected chi connectivity index (χ1v) is 11.3. The average molecular weight is 595 g/mol. The van der Waals surface area contributed by atoms with Crippen LogP contribution in [0.4, 0.5) is 27.1 Å². The number of phenolic OH excluding ortho intramolecular Hbond substituents is 1. The Bertz CT molecular complexity index is 1550. The fourth-order valence-corrected chi connectivity index (χ4v) is 3.06. The maximum atomic E-state index is 13.5. The number of rotatable bonds is 5. The zero-order chi connectivity index (χ0) is 30.0. The first-order chi connectivity index (χ1) is 18.8. The van der Waals surface area contributed by atoms with E-state index in [1.807, 2.05) is 0 Å². The fraction of sp³-hybridized carbons (Fsp3) is 0. The summed E-state index contributed by atoms with van der Waals surface area (Å²) in [5.74, 6) is -3.15. The standard InChI is InChI=1S/C13H8ClFN2O4.C6H5ClN2O2.C5H4O3/c14-8-5-10(12(18)6-11(8)17(20)21)16-13(19)7-3-1-2-4-9(7)15;7-5-3-4(9(10)11)1-2-6(5)8;6-5(7)4-2-1-3-8-4/h1-6,18H,(H,16,19);1-3H,8H2;1-3H,(H,6,7). The van der Waals surface area contributed by atoms with E-state index in [2.05, 4.69) is 9.73 Å². The molecule has 4 rings (SSSR count). The van der Waals surface area contributed by atoms with Crippen LogP contribution >= 0.6 is 23.2 Å². The molecule has 0 saturated carbocycles. The number of nitrogens with one attached hydrogen (secondary N) is 1. The van der Waals surface area contributed by atoms with Gasteiger partial charge >= 0.3 is 5.97 Å². The molecule has 16 heteroatoms. The third-order valence-electron chi connectivity index (χ3n) is 4.56. The Kier molecular flexibility index (Phi) is 10.9. The SMILES string of the molecule is Nc1ccc([N+](=O)[O-])cc1Cl.O=C(Nc1cc(Cl)c([N+](=O)[O-])cc1O)c1ccccc1F.O=C(O)c1ccco1. The molecule has 0 atom stereocenters. The van der Waals surface area contributed by atoms with Gasteiger partial charge in [-0.15, -0.1) is 0 Å². The van der Waals surface area contributed by atoms with Gasteiger partial charge < -0.3 is 25.7 Å². The molecule has 0 fully saturated rings. The maximum Gasteiger partial charge on any atom is 0.371 e. The number of carbonyl (C=O) groups excluding carboxylic acids is 1. The molecule has 0 aliphatic rings. The second-order valence-corrected chi connectivity index (χ2v) is 8.07. The number of aromatic hydroxyl groups is 1. The van der Waals surface area contributed by atoms with Gasteiger partial charge in [-0.1, -0.05) is 35.3 Å². The third kappa shape index (κ3) is 8.68. The van der Waals surface area contributed by atoms with Gasteiger partial charge in [0.1, 0.15) is 16.6 Å². The largest absolute Gasteiger partial charge is 0.506 e. The average Bonchev–Trinajstić information content (AvgIpc) is 3.44. The first-order valence-electron chi connectivity index (χ1n) is 10.5. The summed E-state index contributed by atoms with van der Waals surface area (Å²) >= 11 is 11.2. The van der Waals surface area contributed by atoms with Crippen LogP contribution in [-0.4, -0.2) is 31.9 Å². The van der Waals surface area contributed by atoms with E-state index in [4.69, 9.17) is 34.0 Å². The van der Waals surface area contributed by atoms with Crippen molar-refractivity contribution in [2.45, 2.75) is 0 Å². The van der Waals surface area contributed by atoms with Gasteiger partial charge in [0, 0.05) is 12.1 Å².